The van der Waals surface area contributed by atoms with Gasteiger partial charge in [-0.15, -0.1) is 0 Å². The molecule has 0 spiro atoms. The molecule has 0 saturated heterocycles. The molecule has 0 rings (SSSR count). The van der Waals surface area contributed by atoms with E-state index in [4.69, 9.17) is 5.73 Å². The number of ether oxygens (including phenoxy) is 3. The largest absolute Gasteiger partial charge is 0.466 e. The summed E-state index contributed by atoms with van der Waals surface area (Å²) in [6.07, 6.45) is -1.38. The van der Waals surface area contributed by atoms with Crippen LogP contribution in [0.4, 0.5) is 0 Å². The van der Waals surface area contributed by atoms with Crippen molar-refractivity contribution in [1.82, 2.24) is 0 Å². The average Bonchev–Trinajstić information content (AvgIpc) is 2.35. The van der Waals surface area contributed by atoms with Crippen LogP contribution in [0.2, 0.25) is 0 Å². The first kappa shape index (κ1) is 18.3. The SMILES string of the molecule is CCOC(=O)CC(O)(CC(=O)OCC)C(=O)OCCN. The van der Waals surface area contributed by atoms with E-state index < -0.39 is 36.4 Å². The van der Waals surface area contributed by atoms with Crippen LogP contribution in [0.5, 0.6) is 0 Å². The van der Waals surface area contributed by atoms with Crippen LogP contribution in [-0.2, 0) is 28.6 Å². The Morgan fingerprint density at radius 2 is 1.45 bits per heavy atom. The quantitative estimate of drug-likeness (QED) is 0.414. The average molecular weight is 291 g/mol. The van der Waals surface area contributed by atoms with Gasteiger partial charge in [-0.3, -0.25) is 9.59 Å². The van der Waals surface area contributed by atoms with E-state index in [2.05, 4.69) is 14.2 Å². The lowest BCUT2D eigenvalue weighted by molar-refractivity contribution is -0.177. The van der Waals surface area contributed by atoms with Crippen LogP contribution in [0.3, 0.4) is 0 Å². The first-order valence-corrected chi connectivity index (χ1v) is 6.30. The smallest absolute Gasteiger partial charge is 0.339 e. The van der Waals surface area contributed by atoms with Gasteiger partial charge in [0, 0.05) is 6.54 Å². The summed E-state index contributed by atoms with van der Waals surface area (Å²) in [6.45, 7) is 3.26. The van der Waals surface area contributed by atoms with Crippen LogP contribution in [-0.4, -0.2) is 55.0 Å². The van der Waals surface area contributed by atoms with Gasteiger partial charge in [-0.25, -0.2) is 4.79 Å². The van der Waals surface area contributed by atoms with Crippen molar-refractivity contribution in [2.45, 2.75) is 32.3 Å². The highest BCUT2D eigenvalue weighted by Crippen LogP contribution is 2.19. The van der Waals surface area contributed by atoms with Gasteiger partial charge in [-0.05, 0) is 13.8 Å². The predicted octanol–water partition coefficient (Wildman–Crippen LogP) is -0.874. The van der Waals surface area contributed by atoms with Crippen LogP contribution in [0.25, 0.3) is 0 Å². The number of esters is 3. The second-order valence-corrected chi connectivity index (χ2v) is 3.92. The summed E-state index contributed by atoms with van der Waals surface area (Å²) < 4.78 is 14.0. The molecule has 0 aliphatic carbocycles. The second kappa shape index (κ2) is 9.27. The summed E-state index contributed by atoms with van der Waals surface area (Å²) in [7, 11) is 0. The second-order valence-electron chi connectivity index (χ2n) is 3.92. The highest BCUT2D eigenvalue weighted by Gasteiger charge is 2.43. The van der Waals surface area contributed by atoms with Crippen molar-refractivity contribution in [2.75, 3.05) is 26.4 Å². The van der Waals surface area contributed by atoms with Gasteiger partial charge in [0.15, 0.2) is 5.60 Å². The molecule has 0 fully saturated rings. The summed E-state index contributed by atoms with van der Waals surface area (Å²) in [5, 5.41) is 10.2. The molecule has 0 saturated carbocycles. The van der Waals surface area contributed by atoms with E-state index in [1.165, 1.54) is 0 Å². The number of aliphatic hydroxyl groups is 1. The Morgan fingerprint density at radius 3 is 1.80 bits per heavy atom. The zero-order valence-corrected chi connectivity index (χ0v) is 11.7. The van der Waals surface area contributed by atoms with E-state index in [1.807, 2.05) is 0 Å². The van der Waals surface area contributed by atoms with Crippen molar-refractivity contribution < 1.29 is 33.7 Å². The maximum Gasteiger partial charge on any atom is 0.339 e. The van der Waals surface area contributed by atoms with Crippen molar-refractivity contribution in [3.05, 3.63) is 0 Å². The Hall–Kier alpha value is -1.67. The van der Waals surface area contributed by atoms with Crippen LogP contribution >= 0.6 is 0 Å². The predicted molar refractivity (Wildman–Crippen MR) is 67.5 cm³/mol. The molecule has 8 nitrogen and oxygen atoms in total. The molecule has 0 bridgehead atoms. The summed E-state index contributed by atoms with van der Waals surface area (Å²) in [5.74, 6) is -2.74. The van der Waals surface area contributed by atoms with Crippen molar-refractivity contribution in [2.24, 2.45) is 5.73 Å². The summed E-state index contributed by atoms with van der Waals surface area (Å²) in [6, 6.07) is 0. The number of carbonyl (C=O) groups is 3. The molecule has 0 aromatic heterocycles. The van der Waals surface area contributed by atoms with Crippen molar-refractivity contribution in [3.8, 4) is 0 Å². The molecule has 0 aliphatic rings. The zero-order valence-electron chi connectivity index (χ0n) is 11.7. The molecule has 8 heteroatoms. The van der Waals surface area contributed by atoms with E-state index in [9.17, 15) is 19.5 Å². The molecule has 0 atom stereocenters. The molecule has 0 aromatic rings. The van der Waals surface area contributed by atoms with Crippen molar-refractivity contribution >= 4 is 17.9 Å². The number of nitrogens with two attached hydrogens (primary N) is 1. The standard InChI is InChI=1S/C12H21NO7/c1-3-18-9(14)7-12(17,8-10(15)19-4-2)11(16)20-6-5-13/h17H,3-8,13H2,1-2H3. The third kappa shape index (κ3) is 6.48. The Labute approximate surface area is 117 Å². The summed E-state index contributed by atoms with van der Waals surface area (Å²) >= 11 is 0. The number of hydrogen-bond donors (Lipinski definition) is 2. The van der Waals surface area contributed by atoms with Gasteiger partial charge in [0.05, 0.1) is 26.1 Å². The summed E-state index contributed by atoms with van der Waals surface area (Å²) in [4.78, 5) is 34.6. The van der Waals surface area contributed by atoms with Crippen LogP contribution in [0.15, 0.2) is 0 Å². The Morgan fingerprint density at radius 1 is 1.00 bits per heavy atom. The molecule has 0 aromatic carbocycles. The molecule has 116 valence electrons. The minimum atomic E-state index is -2.31. The van der Waals surface area contributed by atoms with E-state index in [1.54, 1.807) is 13.8 Å². The highest BCUT2D eigenvalue weighted by atomic mass is 16.6. The lowest BCUT2D eigenvalue weighted by Gasteiger charge is -2.24. The monoisotopic (exact) mass is 291 g/mol. The van der Waals surface area contributed by atoms with Crippen molar-refractivity contribution in [3.63, 3.8) is 0 Å². The Bertz CT molecular complexity index is 323. The van der Waals surface area contributed by atoms with Gasteiger partial charge in [0.1, 0.15) is 6.61 Å². The van der Waals surface area contributed by atoms with E-state index in [0.717, 1.165) is 0 Å². The van der Waals surface area contributed by atoms with Gasteiger partial charge in [0.2, 0.25) is 0 Å². The molecule has 20 heavy (non-hydrogen) atoms. The van der Waals surface area contributed by atoms with Gasteiger partial charge in [0.25, 0.3) is 0 Å². The fraction of sp³-hybridized carbons (Fsp3) is 0.750. The maximum atomic E-state index is 11.8. The fourth-order valence-corrected chi connectivity index (χ4v) is 1.39. The van der Waals surface area contributed by atoms with Crippen LogP contribution in [0, 0.1) is 0 Å². The molecule has 0 unspecified atom stereocenters. The van der Waals surface area contributed by atoms with Crippen LogP contribution < -0.4 is 5.73 Å². The number of hydrogen-bond acceptors (Lipinski definition) is 8. The first-order chi connectivity index (χ1) is 9.39. The molecule has 0 radical (unpaired) electrons. The minimum absolute atomic E-state index is 0.0562. The molecule has 3 N–H and O–H groups in total. The third-order valence-electron chi connectivity index (χ3n) is 2.22. The van der Waals surface area contributed by atoms with E-state index in [0.29, 0.717) is 0 Å². The van der Waals surface area contributed by atoms with Gasteiger partial charge in [-0.1, -0.05) is 0 Å². The van der Waals surface area contributed by atoms with Crippen molar-refractivity contribution in [1.29, 1.82) is 0 Å². The molecule has 0 aliphatic heterocycles. The lowest BCUT2D eigenvalue weighted by atomic mass is 9.95. The Balaban J connectivity index is 4.86. The fourth-order valence-electron chi connectivity index (χ4n) is 1.39. The zero-order chi connectivity index (χ0) is 15.6. The van der Waals surface area contributed by atoms with Gasteiger partial charge in [-0.2, -0.15) is 0 Å². The summed E-state index contributed by atoms with van der Waals surface area (Å²) in [5.41, 5.74) is 2.86. The lowest BCUT2D eigenvalue weighted by Crippen LogP contribution is -2.45. The minimum Gasteiger partial charge on any atom is -0.466 e. The van der Waals surface area contributed by atoms with E-state index in [-0.39, 0.29) is 26.4 Å². The maximum absolute atomic E-state index is 11.8. The molecular weight excluding hydrogens is 270 g/mol. The topological polar surface area (TPSA) is 125 Å². The molecule has 0 amide bonds. The van der Waals surface area contributed by atoms with Gasteiger partial charge >= 0.3 is 17.9 Å². The first-order valence-electron chi connectivity index (χ1n) is 6.30. The normalized spacial score (nSPS) is 10.8. The number of carbonyl (C=O) groups excluding carboxylic acids is 3. The molecule has 0 heterocycles. The number of rotatable bonds is 9. The Kier molecular flexibility index (Phi) is 8.49. The van der Waals surface area contributed by atoms with Crippen LogP contribution in [0.1, 0.15) is 26.7 Å². The van der Waals surface area contributed by atoms with E-state index >= 15 is 0 Å². The molecular formula is C12H21NO7. The highest BCUT2D eigenvalue weighted by molar-refractivity contribution is 5.90. The third-order valence-corrected chi connectivity index (χ3v) is 2.22. The van der Waals surface area contributed by atoms with Gasteiger partial charge < -0.3 is 25.1 Å².